The summed E-state index contributed by atoms with van der Waals surface area (Å²) >= 11 is 0. The molecule has 1 heterocycles. The molecule has 0 unspecified atom stereocenters. The van der Waals surface area contributed by atoms with Crippen LogP contribution in [0.2, 0.25) is 0 Å². The van der Waals surface area contributed by atoms with Crippen molar-refractivity contribution in [2.75, 3.05) is 4.90 Å². The van der Waals surface area contributed by atoms with E-state index in [1.807, 2.05) is 6.07 Å². The number of hydrogen-bond acceptors (Lipinski definition) is 2. The van der Waals surface area contributed by atoms with Gasteiger partial charge >= 0.3 is 0 Å². The van der Waals surface area contributed by atoms with Gasteiger partial charge in [0.15, 0.2) is 0 Å². The predicted molar refractivity (Wildman–Crippen MR) is 223 cm³/mol. The third kappa shape index (κ3) is 5.35. The first-order valence-electron chi connectivity index (χ1n) is 18.2. The summed E-state index contributed by atoms with van der Waals surface area (Å²) in [6, 6.07) is 69.9. The van der Waals surface area contributed by atoms with Crippen LogP contribution in [0.25, 0.3) is 66.1 Å². The lowest BCUT2D eigenvalue weighted by atomic mass is 9.90. The van der Waals surface area contributed by atoms with E-state index in [0.717, 1.165) is 45.1 Å². The van der Waals surface area contributed by atoms with Crippen LogP contribution in [0.5, 0.6) is 11.5 Å². The van der Waals surface area contributed by atoms with Crippen LogP contribution in [0.4, 0.5) is 17.1 Å². The van der Waals surface area contributed by atoms with E-state index in [2.05, 4.69) is 200 Å². The molecular formula is C51H35NO. The van der Waals surface area contributed by atoms with Gasteiger partial charge in [0.1, 0.15) is 11.5 Å². The van der Waals surface area contributed by atoms with Gasteiger partial charge < -0.3 is 9.64 Å². The second-order valence-corrected chi connectivity index (χ2v) is 13.8. The molecule has 2 heteroatoms. The summed E-state index contributed by atoms with van der Waals surface area (Å²) in [4.78, 5) is 2.41. The fourth-order valence-electron chi connectivity index (χ4n) is 8.09. The van der Waals surface area contributed by atoms with Gasteiger partial charge in [-0.05, 0) is 117 Å². The molecule has 0 saturated heterocycles. The number of rotatable bonds is 6. The molecule has 9 aromatic rings. The van der Waals surface area contributed by atoms with Crippen LogP contribution >= 0.6 is 0 Å². The van der Waals surface area contributed by atoms with Crippen molar-refractivity contribution in [3.8, 4) is 56.0 Å². The molecule has 0 aliphatic carbocycles. The van der Waals surface area contributed by atoms with Gasteiger partial charge in [0, 0.05) is 27.9 Å². The van der Waals surface area contributed by atoms with Crippen molar-refractivity contribution >= 4 is 38.6 Å². The van der Waals surface area contributed by atoms with Crippen LogP contribution in [-0.2, 0) is 0 Å². The summed E-state index contributed by atoms with van der Waals surface area (Å²) in [5, 5.41) is 4.83. The predicted octanol–water partition coefficient (Wildman–Crippen LogP) is 14.5. The van der Waals surface area contributed by atoms with Crippen LogP contribution in [-0.4, -0.2) is 0 Å². The van der Waals surface area contributed by atoms with Crippen LogP contribution in [0.1, 0.15) is 5.56 Å². The number of nitrogens with zero attached hydrogens (tertiary/aromatic N) is 1. The minimum absolute atomic E-state index is 0.893. The number of aryl methyl sites for hydroxylation is 1. The standard InChI is InChI=1S/C51H35NO/c1-34-13-9-24-47(50(34)37-15-3-2-4-16-37)52(41-29-27-36(28-30-41)44-23-11-17-35-14-5-6-21-43(35)44)42-20-10-18-38(32-42)40-31-39-19-12-26-49-51(39)46(33-40)45-22-7-8-25-48(45)53-49/h2-33H,1H3. The molecule has 0 amide bonds. The van der Waals surface area contributed by atoms with E-state index >= 15 is 0 Å². The molecule has 0 bridgehead atoms. The minimum Gasteiger partial charge on any atom is -0.456 e. The Bertz CT molecular complexity index is 2810. The minimum atomic E-state index is 0.893. The quantitative estimate of drug-likeness (QED) is 0.174. The largest absolute Gasteiger partial charge is 0.456 e. The maximum Gasteiger partial charge on any atom is 0.135 e. The Kier molecular flexibility index (Phi) is 7.40. The van der Waals surface area contributed by atoms with Crippen molar-refractivity contribution in [2.24, 2.45) is 0 Å². The first-order valence-corrected chi connectivity index (χ1v) is 18.2. The van der Waals surface area contributed by atoms with E-state index in [0.29, 0.717) is 0 Å². The highest BCUT2D eigenvalue weighted by molar-refractivity contribution is 6.06. The Morgan fingerprint density at radius 2 is 1.08 bits per heavy atom. The second kappa shape index (κ2) is 12.7. The number of anilines is 3. The van der Waals surface area contributed by atoms with Crippen molar-refractivity contribution in [3.05, 3.63) is 200 Å². The van der Waals surface area contributed by atoms with Gasteiger partial charge in [-0.2, -0.15) is 0 Å². The molecule has 53 heavy (non-hydrogen) atoms. The Morgan fingerprint density at radius 3 is 1.98 bits per heavy atom. The summed E-state index contributed by atoms with van der Waals surface area (Å²) < 4.78 is 6.35. The van der Waals surface area contributed by atoms with E-state index in [-0.39, 0.29) is 0 Å². The lowest BCUT2D eigenvalue weighted by Crippen LogP contribution is -2.12. The molecule has 250 valence electrons. The number of hydrogen-bond donors (Lipinski definition) is 0. The highest BCUT2D eigenvalue weighted by atomic mass is 16.5. The van der Waals surface area contributed by atoms with E-state index in [9.17, 15) is 0 Å². The average Bonchev–Trinajstić information content (AvgIpc) is 3.21. The molecule has 0 N–H and O–H groups in total. The third-order valence-corrected chi connectivity index (χ3v) is 10.6. The fourth-order valence-corrected chi connectivity index (χ4v) is 8.09. The summed E-state index contributed by atoms with van der Waals surface area (Å²) in [6.45, 7) is 2.21. The third-order valence-electron chi connectivity index (χ3n) is 10.6. The lowest BCUT2D eigenvalue weighted by Gasteiger charge is -2.29. The number of ether oxygens (including phenoxy) is 1. The zero-order valence-electron chi connectivity index (χ0n) is 29.3. The summed E-state index contributed by atoms with van der Waals surface area (Å²) in [6.07, 6.45) is 0. The zero-order chi connectivity index (χ0) is 35.3. The normalized spacial score (nSPS) is 11.6. The molecule has 0 radical (unpaired) electrons. The second-order valence-electron chi connectivity index (χ2n) is 13.8. The first-order chi connectivity index (χ1) is 26.2. The molecule has 0 spiro atoms. The maximum absolute atomic E-state index is 6.35. The molecule has 0 aromatic heterocycles. The van der Waals surface area contributed by atoms with Gasteiger partial charge in [0.25, 0.3) is 0 Å². The molecule has 0 saturated carbocycles. The van der Waals surface area contributed by atoms with Crippen LogP contribution < -0.4 is 9.64 Å². The van der Waals surface area contributed by atoms with Crippen molar-refractivity contribution in [3.63, 3.8) is 0 Å². The monoisotopic (exact) mass is 677 g/mol. The lowest BCUT2D eigenvalue weighted by molar-refractivity contribution is 0.487. The van der Waals surface area contributed by atoms with E-state index in [4.69, 9.17) is 4.74 Å². The van der Waals surface area contributed by atoms with Crippen LogP contribution in [0.15, 0.2) is 194 Å². The SMILES string of the molecule is Cc1cccc(N(c2ccc(-c3cccc4ccccc34)cc2)c2cccc(-c3cc4c5c(cccc5c3)Oc3ccccc3-4)c2)c1-c1ccccc1. The smallest absolute Gasteiger partial charge is 0.135 e. The molecule has 2 nitrogen and oxygen atoms in total. The fraction of sp³-hybridized carbons (Fsp3) is 0.0196. The van der Waals surface area contributed by atoms with Crippen molar-refractivity contribution in [1.82, 2.24) is 0 Å². The zero-order valence-corrected chi connectivity index (χ0v) is 29.3. The van der Waals surface area contributed by atoms with Crippen LogP contribution in [0.3, 0.4) is 0 Å². The van der Waals surface area contributed by atoms with Gasteiger partial charge in [-0.25, -0.2) is 0 Å². The summed E-state index contributed by atoms with van der Waals surface area (Å²) in [7, 11) is 0. The molecule has 9 aromatic carbocycles. The number of fused-ring (bicyclic) bond motifs is 3. The highest BCUT2D eigenvalue weighted by Gasteiger charge is 2.22. The summed E-state index contributed by atoms with van der Waals surface area (Å²) in [5.74, 6) is 1.80. The molecular weight excluding hydrogens is 643 g/mol. The molecule has 0 fully saturated rings. The Hall–Kier alpha value is -6.90. The van der Waals surface area contributed by atoms with Crippen LogP contribution in [0, 0.1) is 6.92 Å². The first kappa shape index (κ1) is 30.9. The maximum atomic E-state index is 6.35. The van der Waals surface area contributed by atoms with Gasteiger partial charge in [-0.1, -0.05) is 140 Å². The Morgan fingerprint density at radius 1 is 0.396 bits per heavy atom. The summed E-state index contributed by atoms with van der Waals surface area (Å²) in [5.41, 5.74) is 14.0. The Labute approximate surface area is 309 Å². The van der Waals surface area contributed by atoms with E-state index < -0.39 is 0 Å². The topological polar surface area (TPSA) is 12.5 Å². The molecule has 1 aliphatic rings. The number of para-hydroxylation sites is 1. The number of benzene rings is 9. The van der Waals surface area contributed by atoms with E-state index in [1.165, 1.54) is 55.1 Å². The highest BCUT2D eigenvalue weighted by Crippen LogP contribution is 2.49. The van der Waals surface area contributed by atoms with Gasteiger partial charge in [0.2, 0.25) is 0 Å². The van der Waals surface area contributed by atoms with Gasteiger partial charge in [-0.3, -0.25) is 0 Å². The molecule has 10 rings (SSSR count). The van der Waals surface area contributed by atoms with Crippen molar-refractivity contribution < 1.29 is 4.74 Å². The Balaban J connectivity index is 1.15. The average molecular weight is 678 g/mol. The molecule has 1 aliphatic heterocycles. The molecule has 0 atom stereocenters. The van der Waals surface area contributed by atoms with Gasteiger partial charge in [-0.15, -0.1) is 0 Å². The van der Waals surface area contributed by atoms with Crippen molar-refractivity contribution in [1.29, 1.82) is 0 Å². The van der Waals surface area contributed by atoms with Crippen molar-refractivity contribution in [2.45, 2.75) is 6.92 Å². The van der Waals surface area contributed by atoms with E-state index in [1.54, 1.807) is 0 Å². The van der Waals surface area contributed by atoms with Gasteiger partial charge in [0.05, 0.1) is 5.69 Å².